The molecule has 2 N–H and O–H groups in total. The predicted octanol–water partition coefficient (Wildman–Crippen LogP) is 6.48. The molecule has 0 bridgehead atoms. The molecule has 248 valence electrons. The van der Waals surface area contributed by atoms with Crippen molar-refractivity contribution in [1.82, 2.24) is 19.8 Å². The molecule has 0 spiro atoms. The standard InChI is InChI=1S/C37H50N4O5/c1-23-20-38-32-28(23)18-27(21-39-32)26-17-25-9-14-40(33(43)31(42)24-10-15-45-16-11-24)22-29(25)30(19-26)37(35(2,3)4)12-8-13-41(37)34(44)46-36(5,6)7/h17-21,24,31,42H,8-16,22H2,1-7H3,(H,38,39)/t31?,37-/m1/s1. The maximum atomic E-state index is 14.0. The van der Waals surface area contributed by atoms with Crippen LogP contribution in [0.15, 0.2) is 30.6 Å². The van der Waals surface area contributed by atoms with Crippen LogP contribution >= 0.6 is 0 Å². The molecule has 2 saturated heterocycles. The Kier molecular flexibility index (Phi) is 8.47. The molecule has 2 aromatic heterocycles. The minimum absolute atomic E-state index is 0.0952. The molecule has 3 aliphatic rings. The molecule has 9 nitrogen and oxygen atoms in total. The van der Waals surface area contributed by atoms with E-state index in [-0.39, 0.29) is 23.3 Å². The fraction of sp³-hybridized carbons (Fsp3) is 0.595. The molecule has 0 saturated carbocycles. The van der Waals surface area contributed by atoms with E-state index in [1.165, 1.54) is 5.56 Å². The second-order valence-electron chi connectivity index (χ2n) is 15.5. The highest BCUT2D eigenvalue weighted by atomic mass is 16.6. The van der Waals surface area contributed by atoms with Gasteiger partial charge in [-0.05, 0) is 111 Å². The first-order chi connectivity index (χ1) is 21.7. The Morgan fingerprint density at radius 2 is 1.83 bits per heavy atom. The van der Waals surface area contributed by atoms with Gasteiger partial charge in [0.15, 0.2) is 0 Å². The smallest absolute Gasteiger partial charge is 0.411 e. The first-order valence-corrected chi connectivity index (χ1v) is 16.9. The van der Waals surface area contributed by atoms with Gasteiger partial charge in [-0.1, -0.05) is 26.8 Å². The van der Waals surface area contributed by atoms with E-state index in [2.05, 4.69) is 50.9 Å². The number of amides is 2. The van der Waals surface area contributed by atoms with E-state index < -0.39 is 17.2 Å². The Morgan fingerprint density at radius 3 is 2.52 bits per heavy atom. The lowest BCUT2D eigenvalue weighted by atomic mass is 9.65. The van der Waals surface area contributed by atoms with Crippen molar-refractivity contribution >= 4 is 23.0 Å². The Labute approximate surface area is 272 Å². The van der Waals surface area contributed by atoms with E-state index in [0.29, 0.717) is 52.1 Å². The Morgan fingerprint density at radius 1 is 1.09 bits per heavy atom. The van der Waals surface area contributed by atoms with Gasteiger partial charge in [0, 0.05) is 56.2 Å². The van der Waals surface area contributed by atoms with Crippen molar-refractivity contribution in [2.24, 2.45) is 11.3 Å². The summed E-state index contributed by atoms with van der Waals surface area (Å²) in [7, 11) is 0. The van der Waals surface area contributed by atoms with E-state index in [4.69, 9.17) is 14.5 Å². The van der Waals surface area contributed by atoms with Crippen molar-refractivity contribution in [3.8, 4) is 11.1 Å². The third kappa shape index (κ3) is 5.81. The zero-order chi connectivity index (χ0) is 33.0. The van der Waals surface area contributed by atoms with Gasteiger partial charge in [-0.3, -0.25) is 9.69 Å². The van der Waals surface area contributed by atoms with Crippen molar-refractivity contribution in [2.45, 2.75) is 104 Å². The predicted molar refractivity (Wildman–Crippen MR) is 178 cm³/mol. The molecule has 3 aliphatic heterocycles. The van der Waals surface area contributed by atoms with Crippen molar-refractivity contribution < 1.29 is 24.2 Å². The van der Waals surface area contributed by atoms with Crippen molar-refractivity contribution in [2.75, 3.05) is 26.3 Å². The van der Waals surface area contributed by atoms with Crippen LogP contribution in [-0.4, -0.2) is 74.9 Å². The number of carbonyl (C=O) groups is 2. The highest BCUT2D eigenvalue weighted by molar-refractivity contribution is 5.85. The largest absolute Gasteiger partial charge is 0.444 e. The van der Waals surface area contributed by atoms with Gasteiger partial charge in [0.2, 0.25) is 0 Å². The minimum Gasteiger partial charge on any atom is -0.444 e. The number of aliphatic hydroxyl groups is 1. The highest BCUT2D eigenvalue weighted by Gasteiger charge is 2.55. The third-order valence-corrected chi connectivity index (χ3v) is 10.4. The van der Waals surface area contributed by atoms with Crippen LogP contribution in [0, 0.1) is 18.3 Å². The molecular formula is C37H50N4O5. The first kappa shape index (κ1) is 32.5. The summed E-state index contributed by atoms with van der Waals surface area (Å²) in [6.07, 6.45) is 6.18. The number of fused-ring (bicyclic) bond motifs is 2. The summed E-state index contributed by atoms with van der Waals surface area (Å²) < 4.78 is 11.5. The number of benzene rings is 1. The van der Waals surface area contributed by atoms with Crippen LogP contribution in [0.2, 0.25) is 0 Å². The third-order valence-electron chi connectivity index (χ3n) is 10.4. The van der Waals surface area contributed by atoms with Gasteiger partial charge in [-0.25, -0.2) is 9.78 Å². The van der Waals surface area contributed by atoms with Crippen LogP contribution in [0.1, 0.15) is 89.5 Å². The highest BCUT2D eigenvalue weighted by Crippen LogP contribution is 2.54. The lowest BCUT2D eigenvalue weighted by Crippen LogP contribution is -2.55. The maximum absolute atomic E-state index is 14.0. The van der Waals surface area contributed by atoms with Crippen LogP contribution < -0.4 is 0 Å². The summed E-state index contributed by atoms with van der Waals surface area (Å²) in [5, 5.41) is 12.3. The lowest BCUT2D eigenvalue weighted by Gasteiger charge is -2.50. The molecular weight excluding hydrogens is 580 g/mol. The number of likely N-dealkylation sites (tertiary alicyclic amines) is 1. The summed E-state index contributed by atoms with van der Waals surface area (Å²) in [5.74, 6) is -0.312. The summed E-state index contributed by atoms with van der Waals surface area (Å²) in [6, 6.07) is 6.66. The van der Waals surface area contributed by atoms with Gasteiger partial charge in [-0.15, -0.1) is 0 Å². The molecule has 9 heteroatoms. The number of hydrogen-bond acceptors (Lipinski definition) is 6. The quantitative estimate of drug-likeness (QED) is 0.342. The number of nitrogens with zero attached hydrogens (tertiary/aromatic N) is 3. The van der Waals surface area contributed by atoms with E-state index in [9.17, 15) is 14.7 Å². The molecule has 6 rings (SSSR count). The Hall–Kier alpha value is -3.43. The molecule has 2 atom stereocenters. The Balaban J connectivity index is 1.49. The van der Waals surface area contributed by atoms with E-state index in [1.807, 2.05) is 43.0 Å². The van der Waals surface area contributed by atoms with Crippen LogP contribution in [0.4, 0.5) is 4.79 Å². The summed E-state index contributed by atoms with van der Waals surface area (Å²) in [6.45, 7) is 17.0. The Bertz CT molecular complexity index is 1630. The molecule has 5 heterocycles. The lowest BCUT2D eigenvalue weighted by molar-refractivity contribution is -0.146. The topological polar surface area (TPSA) is 108 Å². The summed E-state index contributed by atoms with van der Waals surface area (Å²) in [4.78, 5) is 39.6. The first-order valence-electron chi connectivity index (χ1n) is 16.9. The number of ether oxygens (including phenoxy) is 2. The number of aliphatic hydroxyl groups excluding tert-OH is 1. The molecule has 2 fully saturated rings. The molecule has 0 radical (unpaired) electrons. The second kappa shape index (κ2) is 12.0. The van der Waals surface area contributed by atoms with E-state index in [1.54, 1.807) is 0 Å². The van der Waals surface area contributed by atoms with Crippen molar-refractivity contribution in [3.05, 3.63) is 52.8 Å². The van der Waals surface area contributed by atoms with E-state index >= 15 is 0 Å². The average Bonchev–Trinajstić information content (AvgIpc) is 3.64. The zero-order valence-corrected chi connectivity index (χ0v) is 28.5. The number of rotatable bonds is 4. The van der Waals surface area contributed by atoms with Crippen LogP contribution in [0.25, 0.3) is 22.2 Å². The van der Waals surface area contributed by atoms with Crippen molar-refractivity contribution in [3.63, 3.8) is 0 Å². The van der Waals surface area contributed by atoms with Crippen LogP contribution in [0.3, 0.4) is 0 Å². The van der Waals surface area contributed by atoms with Crippen LogP contribution in [0.5, 0.6) is 0 Å². The van der Waals surface area contributed by atoms with Crippen LogP contribution in [-0.2, 0) is 32.8 Å². The number of aromatic amines is 1. The molecule has 1 aromatic carbocycles. The average molecular weight is 631 g/mol. The summed E-state index contributed by atoms with van der Waals surface area (Å²) >= 11 is 0. The number of pyridine rings is 1. The number of nitrogens with one attached hydrogen (secondary N) is 1. The normalized spacial score (nSPS) is 21.8. The van der Waals surface area contributed by atoms with Gasteiger partial charge < -0.3 is 24.5 Å². The van der Waals surface area contributed by atoms with E-state index in [0.717, 1.165) is 51.7 Å². The monoisotopic (exact) mass is 630 g/mol. The number of H-pyrrole nitrogens is 1. The molecule has 0 aliphatic carbocycles. The zero-order valence-electron chi connectivity index (χ0n) is 28.5. The number of aromatic nitrogens is 2. The number of aryl methyl sites for hydroxylation is 1. The second-order valence-corrected chi connectivity index (χ2v) is 15.5. The molecule has 3 aromatic rings. The number of hydrogen-bond donors (Lipinski definition) is 2. The van der Waals surface area contributed by atoms with Gasteiger partial charge in [0.25, 0.3) is 5.91 Å². The summed E-state index contributed by atoms with van der Waals surface area (Å²) in [5.41, 5.74) is 5.67. The number of carbonyl (C=O) groups excluding carboxylic acids is 2. The molecule has 1 unspecified atom stereocenters. The molecule has 46 heavy (non-hydrogen) atoms. The van der Waals surface area contributed by atoms with Gasteiger partial charge in [0.05, 0.1) is 5.54 Å². The van der Waals surface area contributed by atoms with Crippen molar-refractivity contribution in [1.29, 1.82) is 0 Å². The van der Waals surface area contributed by atoms with Gasteiger partial charge in [0.1, 0.15) is 17.4 Å². The minimum atomic E-state index is -1.04. The van der Waals surface area contributed by atoms with Gasteiger partial charge >= 0.3 is 6.09 Å². The maximum Gasteiger partial charge on any atom is 0.411 e. The SMILES string of the molecule is Cc1c[nH]c2ncc(-c3cc4c(c([C@@]5(C(C)(C)C)CCCN5C(=O)OC(C)(C)C)c3)CN(C(=O)C(O)C3CCOCC3)CC4)cc12. The van der Waals surface area contributed by atoms with Gasteiger partial charge in [-0.2, -0.15) is 0 Å². The fourth-order valence-electron chi connectivity index (χ4n) is 7.95. The fourth-order valence-corrected chi connectivity index (χ4v) is 7.95. The molecule has 2 amide bonds.